The third-order valence-electron chi connectivity index (χ3n) is 12.4. The third kappa shape index (κ3) is 10.3. The van der Waals surface area contributed by atoms with E-state index in [4.69, 9.17) is 10.5 Å². The molecule has 0 bridgehead atoms. The standard InChI is InChI=1S/C56H70N2O/c1-53(2,3)42-25-14-37(15-26-42)16-35-47(38-17-27-43(28-18-38)54(4,5)6)51(57)50(41-23-33-46(59-13)34-24-41)52-48(39-19-29-44(30-20-39)55(7,8)9)36-49(58-52)40-21-31-45(32-22-40)56(10,11)12/h14-15,17-36,48,50-52,58H,16,57H2,1-13H3/b47-35-. The molecule has 0 saturated heterocycles. The van der Waals surface area contributed by atoms with E-state index in [0.717, 1.165) is 29.0 Å². The molecular formula is C56H70N2O. The Morgan fingerprint density at radius 1 is 0.593 bits per heavy atom. The van der Waals surface area contributed by atoms with Crippen LogP contribution in [0.15, 0.2) is 133 Å². The van der Waals surface area contributed by atoms with E-state index in [-0.39, 0.29) is 45.6 Å². The summed E-state index contributed by atoms with van der Waals surface area (Å²) in [4.78, 5) is 0. The van der Waals surface area contributed by atoms with Gasteiger partial charge in [-0.1, -0.05) is 204 Å². The molecule has 3 N–H and O–H groups in total. The SMILES string of the molecule is COc1ccc(C(C(N)/C(=C\Cc2ccc(C(C)(C)C)cc2)c2ccc(C(C)(C)C)cc2)C2NC(c3ccc(C(C)(C)C)cc3)=CC2c2ccc(C(C)(C)C)cc2)cc1. The highest BCUT2D eigenvalue weighted by Gasteiger charge is 2.40. The average molecular weight is 787 g/mol. The van der Waals surface area contributed by atoms with E-state index in [1.807, 2.05) is 0 Å². The molecule has 0 aliphatic carbocycles. The van der Waals surface area contributed by atoms with E-state index in [1.54, 1.807) is 7.11 Å². The van der Waals surface area contributed by atoms with Crippen molar-refractivity contribution in [2.45, 2.75) is 135 Å². The predicted octanol–water partition coefficient (Wildman–Crippen LogP) is 13.4. The maximum Gasteiger partial charge on any atom is 0.118 e. The lowest BCUT2D eigenvalue weighted by Crippen LogP contribution is -2.44. The van der Waals surface area contributed by atoms with Gasteiger partial charge in [0.05, 0.1) is 7.11 Å². The second kappa shape index (κ2) is 17.0. The van der Waals surface area contributed by atoms with Crippen molar-refractivity contribution in [1.29, 1.82) is 0 Å². The molecular weight excluding hydrogens is 717 g/mol. The fraction of sp³-hybridized carbons (Fsp3) is 0.393. The Morgan fingerprint density at radius 3 is 1.49 bits per heavy atom. The Bertz CT molecular complexity index is 2210. The van der Waals surface area contributed by atoms with Gasteiger partial charge in [0, 0.05) is 29.6 Å². The van der Waals surface area contributed by atoms with E-state index < -0.39 is 0 Å². The fourth-order valence-corrected chi connectivity index (χ4v) is 8.39. The van der Waals surface area contributed by atoms with Crippen molar-refractivity contribution in [3.63, 3.8) is 0 Å². The summed E-state index contributed by atoms with van der Waals surface area (Å²) in [5.74, 6) is 0.793. The van der Waals surface area contributed by atoms with Crippen molar-refractivity contribution < 1.29 is 4.74 Å². The van der Waals surface area contributed by atoms with Gasteiger partial charge in [-0.3, -0.25) is 0 Å². The molecule has 1 aliphatic heterocycles. The number of methoxy groups -OCH3 is 1. The van der Waals surface area contributed by atoms with Crippen LogP contribution in [-0.4, -0.2) is 19.2 Å². The van der Waals surface area contributed by atoms with E-state index >= 15 is 0 Å². The third-order valence-corrected chi connectivity index (χ3v) is 12.4. The maximum atomic E-state index is 7.86. The first-order valence-electron chi connectivity index (χ1n) is 21.6. The van der Waals surface area contributed by atoms with E-state index in [0.29, 0.717) is 0 Å². The molecule has 310 valence electrons. The van der Waals surface area contributed by atoms with Crippen LogP contribution in [0.5, 0.6) is 5.75 Å². The molecule has 0 saturated carbocycles. The van der Waals surface area contributed by atoms with Gasteiger partial charge in [0.1, 0.15) is 5.75 Å². The Balaban J connectivity index is 1.50. The molecule has 0 aromatic heterocycles. The number of rotatable bonds is 10. The molecule has 3 nitrogen and oxygen atoms in total. The van der Waals surface area contributed by atoms with Crippen molar-refractivity contribution in [1.82, 2.24) is 5.32 Å². The summed E-state index contributed by atoms with van der Waals surface area (Å²) < 4.78 is 5.68. The number of hydrogen-bond acceptors (Lipinski definition) is 3. The van der Waals surface area contributed by atoms with Gasteiger partial charge in [0.25, 0.3) is 0 Å². The van der Waals surface area contributed by atoms with Crippen LogP contribution in [0.3, 0.4) is 0 Å². The monoisotopic (exact) mass is 787 g/mol. The van der Waals surface area contributed by atoms with Crippen LogP contribution in [0.25, 0.3) is 11.3 Å². The van der Waals surface area contributed by atoms with Crippen molar-refractivity contribution in [2.24, 2.45) is 5.73 Å². The fourth-order valence-electron chi connectivity index (χ4n) is 8.39. The number of nitrogens with two attached hydrogens (primary N) is 1. The first-order chi connectivity index (χ1) is 27.6. The zero-order chi connectivity index (χ0) is 42.9. The van der Waals surface area contributed by atoms with Crippen molar-refractivity contribution in [3.05, 3.63) is 184 Å². The molecule has 3 heteroatoms. The Hall–Kier alpha value is -4.86. The van der Waals surface area contributed by atoms with Crippen LogP contribution >= 0.6 is 0 Å². The average Bonchev–Trinajstić information content (AvgIpc) is 3.62. The smallest absolute Gasteiger partial charge is 0.118 e. The molecule has 0 radical (unpaired) electrons. The van der Waals surface area contributed by atoms with Crippen LogP contribution in [0, 0.1) is 0 Å². The first kappa shape index (κ1) is 43.7. The molecule has 59 heavy (non-hydrogen) atoms. The summed E-state index contributed by atoms with van der Waals surface area (Å²) in [6.45, 7) is 27.3. The Morgan fingerprint density at radius 2 is 1.03 bits per heavy atom. The van der Waals surface area contributed by atoms with Crippen LogP contribution < -0.4 is 15.8 Å². The van der Waals surface area contributed by atoms with Crippen LogP contribution in [-0.2, 0) is 28.1 Å². The number of benzene rings is 5. The molecule has 0 amide bonds. The van der Waals surface area contributed by atoms with Gasteiger partial charge in [-0.25, -0.2) is 0 Å². The summed E-state index contributed by atoms with van der Waals surface area (Å²) >= 11 is 0. The van der Waals surface area contributed by atoms with Gasteiger partial charge in [-0.05, 0) is 95.9 Å². The Kier molecular flexibility index (Phi) is 12.6. The molecule has 5 aromatic carbocycles. The number of allylic oxidation sites excluding steroid dienone is 1. The molecule has 5 aromatic rings. The second-order valence-corrected chi connectivity index (χ2v) is 20.9. The van der Waals surface area contributed by atoms with E-state index in [2.05, 4.69) is 222 Å². The van der Waals surface area contributed by atoms with Gasteiger partial charge < -0.3 is 15.8 Å². The summed E-state index contributed by atoms with van der Waals surface area (Å²) in [6.07, 6.45) is 5.62. The highest BCUT2D eigenvalue weighted by Crippen LogP contribution is 2.44. The van der Waals surface area contributed by atoms with Crippen molar-refractivity contribution in [3.8, 4) is 5.75 Å². The van der Waals surface area contributed by atoms with Gasteiger partial charge in [-0.15, -0.1) is 0 Å². The predicted molar refractivity (Wildman–Crippen MR) is 254 cm³/mol. The lowest BCUT2D eigenvalue weighted by Gasteiger charge is -2.36. The quantitative estimate of drug-likeness (QED) is 0.148. The summed E-state index contributed by atoms with van der Waals surface area (Å²) in [5, 5.41) is 4.12. The molecule has 0 spiro atoms. The summed E-state index contributed by atoms with van der Waals surface area (Å²) in [6, 6.07) is 44.8. The van der Waals surface area contributed by atoms with Crippen LogP contribution in [0.4, 0.5) is 0 Å². The second-order valence-electron chi connectivity index (χ2n) is 20.9. The number of hydrogen-bond donors (Lipinski definition) is 2. The summed E-state index contributed by atoms with van der Waals surface area (Å²) in [5.41, 5.74) is 21.8. The highest BCUT2D eigenvalue weighted by atomic mass is 16.5. The van der Waals surface area contributed by atoms with Crippen LogP contribution in [0.1, 0.15) is 145 Å². The lowest BCUT2D eigenvalue weighted by molar-refractivity contribution is 0.413. The topological polar surface area (TPSA) is 47.3 Å². The van der Waals surface area contributed by atoms with E-state index in [1.165, 1.54) is 44.5 Å². The maximum absolute atomic E-state index is 7.86. The van der Waals surface area contributed by atoms with Gasteiger partial charge >= 0.3 is 0 Å². The minimum atomic E-state index is -0.345. The van der Waals surface area contributed by atoms with E-state index in [9.17, 15) is 0 Å². The zero-order valence-electron chi connectivity index (χ0n) is 38.2. The molecule has 1 aliphatic rings. The van der Waals surface area contributed by atoms with Crippen molar-refractivity contribution >= 4 is 11.3 Å². The van der Waals surface area contributed by atoms with Gasteiger partial charge in [0.2, 0.25) is 0 Å². The zero-order valence-corrected chi connectivity index (χ0v) is 38.2. The van der Waals surface area contributed by atoms with Crippen LogP contribution in [0.2, 0.25) is 0 Å². The molecule has 6 rings (SSSR count). The van der Waals surface area contributed by atoms with Gasteiger partial charge in [0.15, 0.2) is 0 Å². The lowest BCUT2D eigenvalue weighted by atomic mass is 9.74. The number of ether oxygens (including phenoxy) is 1. The molecule has 0 fully saturated rings. The van der Waals surface area contributed by atoms with Crippen molar-refractivity contribution in [2.75, 3.05) is 7.11 Å². The minimum Gasteiger partial charge on any atom is -0.497 e. The minimum absolute atomic E-state index is 0.0421. The first-order valence-corrected chi connectivity index (χ1v) is 21.6. The van der Waals surface area contributed by atoms with Gasteiger partial charge in [-0.2, -0.15) is 0 Å². The largest absolute Gasteiger partial charge is 0.497 e. The molecule has 1 heterocycles. The normalized spacial score (nSPS) is 17.6. The highest BCUT2D eigenvalue weighted by molar-refractivity contribution is 5.73. The molecule has 4 atom stereocenters. The Labute approximate surface area is 357 Å². The number of nitrogens with one attached hydrogen (secondary N) is 1. The molecule has 4 unspecified atom stereocenters. The summed E-state index contributed by atoms with van der Waals surface area (Å²) in [7, 11) is 1.73.